The van der Waals surface area contributed by atoms with E-state index in [1.807, 2.05) is 0 Å². The van der Waals surface area contributed by atoms with Crippen LogP contribution in [0.3, 0.4) is 0 Å². The fourth-order valence-electron chi connectivity index (χ4n) is 2.08. The van der Waals surface area contributed by atoms with Crippen LogP contribution in [0.15, 0.2) is 18.2 Å². The van der Waals surface area contributed by atoms with Crippen molar-refractivity contribution in [1.29, 1.82) is 0 Å². The van der Waals surface area contributed by atoms with E-state index < -0.39 is 17.7 Å². The third-order valence-electron chi connectivity index (χ3n) is 3.17. The lowest BCUT2D eigenvalue weighted by Gasteiger charge is -2.22. The number of carbonyl (C=O) groups is 1. The van der Waals surface area contributed by atoms with Crippen molar-refractivity contribution in [3.8, 4) is 0 Å². The van der Waals surface area contributed by atoms with Crippen LogP contribution < -0.4 is 5.32 Å². The lowest BCUT2D eigenvalue weighted by atomic mass is 10.00. The Bertz CT molecular complexity index is 521. The first-order valence-electron chi connectivity index (χ1n) is 6.05. The van der Waals surface area contributed by atoms with Gasteiger partial charge in [0, 0.05) is 12.1 Å². The van der Waals surface area contributed by atoms with Crippen molar-refractivity contribution < 1.29 is 22.4 Å². The number of alkyl halides is 5. The topological polar surface area (TPSA) is 29.1 Å². The molecule has 1 aliphatic rings. The molecule has 0 aromatic heterocycles. The summed E-state index contributed by atoms with van der Waals surface area (Å²) in [5.74, 6) is -4.46. The smallest absolute Gasteiger partial charge is 0.326 e. The quantitative estimate of drug-likeness (QED) is 0.660. The molecule has 0 bridgehead atoms. The standard InChI is InChI=1S/C13H12ClF4NO/c14-11(13(17,18)12(15)16)8-4-5-9-7(6-8)2-1-3-10(20)19-9/h4-6,11-12H,1-3H2,(H,19,20). The Morgan fingerprint density at radius 2 is 1.95 bits per heavy atom. The fourth-order valence-corrected chi connectivity index (χ4v) is 2.32. The van der Waals surface area contributed by atoms with Gasteiger partial charge >= 0.3 is 12.3 Å². The van der Waals surface area contributed by atoms with Crippen LogP contribution in [0.1, 0.15) is 29.3 Å². The van der Waals surface area contributed by atoms with Crippen LogP contribution in [0.4, 0.5) is 23.2 Å². The Labute approximate surface area is 118 Å². The molecule has 1 heterocycles. The van der Waals surface area contributed by atoms with Crippen molar-refractivity contribution in [2.24, 2.45) is 0 Å². The van der Waals surface area contributed by atoms with Gasteiger partial charge in [0.25, 0.3) is 0 Å². The largest absolute Gasteiger partial charge is 0.327 e. The molecule has 1 amide bonds. The minimum Gasteiger partial charge on any atom is -0.326 e. The summed E-state index contributed by atoms with van der Waals surface area (Å²) in [5.41, 5.74) is 1.07. The number of rotatable bonds is 3. The molecule has 110 valence electrons. The van der Waals surface area contributed by atoms with Crippen molar-refractivity contribution in [2.45, 2.75) is 37.0 Å². The van der Waals surface area contributed by atoms with Crippen LogP contribution in [0.5, 0.6) is 0 Å². The minimum absolute atomic E-state index is 0.0770. The molecule has 1 unspecified atom stereocenters. The number of carbonyl (C=O) groups excluding carboxylic acids is 1. The van der Waals surface area contributed by atoms with E-state index in [9.17, 15) is 22.4 Å². The van der Waals surface area contributed by atoms with E-state index in [4.69, 9.17) is 11.6 Å². The number of hydrogen-bond donors (Lipinski definition) is 1. The van der Waals surface area contributed by atoms with E-state index in [0.717, 1.165) is 0 Å². The zero-order valence-electron chi connectivity index (χ0n) is 10.3. The predicted molar refractivity (Wildman–Crippen MR) is 67.6 cm³/mol. The molecule has 0 aliphatic carbocycles. The number of hydrogen-bond acceptors (Lipinski definition) is 1. The van der Waals surface area contributed by atoms with E-state index in [1.165, 1.54) is 18.2 Å². The average Bonchev–Trinajstić information content (AvgIpc) is 2.57. The van der Waals surface area contributed by atoms with Gasteiger partial charge in [-0.3, -0.25) is 4.79 Å². The SMILES string of the molecule is O=C1CCCc2cc(C(Cl)C(F)(F)C(F)F)ccc2N1. The number of anilines is 1. The van der Waals surface area contributed by atoms with Gasteiger partial charge in [-0.15, -0.1) is 11.6 Å². The summed E-state index contributed by atoms with van der Waals surface area (Å²) in [7, 11) is 0. The summed E-state index contributed by atoms with van der Waals surface area (Å²) in [6.07, 6.45) is -2.42. The highest BCUT2D eigenvalue weighted by Crippen LogP contribution is 2.42. The lowest BCUT2D eigenvalue weighted by Crippen LogP contribution is -2.31. The second-order valence-corrected chi connectivity index (χ2v) is 5.09. The van der Waals surface area contributed by atoms with E-state index in [-0.39, 0.29) is 11.5 Å². The summed E-state index contributed by atoms with van der Waals surface area (Å²) in [5, 5.41) is 0.527. The maximum atomic E-state index is 13.2. The lowest BCUT2D eigenvalue weighted by molar-refractivity contribution is -0.130. The zero-order valence-corrected chi connectivity index (χ0v) is 11.1. The van der Waals surface area contributed by atoms with Gasteiger partial charge in [0.05, 0.1) is 0 Å². The Morgan fingerprint density at radius 1 is 1.25 bits per heavy atom. The normalized spacial score (nSPS) is 17.4. The molecular formula is C13H12ClF4NO. The molecule has 0 saturated carbocycles. The first kappa shape index (κ1) is 15.1. The Kier molecular flexibility index (Phi) is 4.22. The third-order valence-corrected chi connectivity index (χ3v) is 3.72. The summed E-state index contributed by atoms with van der Waals surface area (Å²) in [6.45, 7) is 0. The number of benzene rings is 1. The minimum atomic E-state index is -4.30. The maximum absolute atomic E-state index is 13.2. The van der Waals surface area contributed by atoms with Crippen LogP contribution in [-0.4, -0.2) is 18.3 Å². The molecular weight excluding hydrogens is 298 g/mol. The Morgan fingerprint density at radius 3 is 2.60 bits per heavy atom. The number of halogens is 5. The van der Waals surface area contributed by atoms with Crippen LogP contribution in [0.25, 0.3) is 0 Å². The summed E-state index contributed by atoms with van der Waals surface area (Å²) in [6, 6.07) is 4.01. The van der Waals surface area contributed by atoms with Crippen molar-refractivity contribution in [3.05, 3.63) is 29.3 Å². The summed E-state index contributed by atoms with van der Waals surface area (Å²) in [4.78, 5) is 11.4. The molecule has 1 N–H and O–H groups in total. The van der Waals surface area contributed by atoms with E-state index in [1.54, 1.807) is 0 Å². The molecule has 1 aliphatic heterocycles. The number of nitrogens with one attached hydrogen (secondary N) is 1. The average molecular weight is 310 g/mol. The van der Waals surface area contributed by atoms with Crippen LogP contribution >= 0.6 is 11.6 Å². The molecule has 1 aromatic rings. The van der Waals surface area contributed by atoms with Crippen LogP contribution in [0, 0.1) is 0 Å². The van der Waals surface area contributed by atoms with Gasteiger partial charge in [0.1, 0.15) is 5.38 Å². The fraction of sp³-hybridized carbons (Fsp3) is 0.462. The first-order valence-corrected chi connectivity index (χ1v) is 6.48. The van der Waals surface area contributed by atoms with Crippen LogP contribution in [-0.2, 0) is 11.2 Å². The summed E-state index contributed by atoms with van der Waals surface area (Å²) < 4.78 is 51.1. The number of aryl methyl sites for hydroxylation is 1. The molecule has 1 atom stereocenters. The van der Waals surface area contributed by atoms with Gasteiger partial charge in [-0.25, -0.2) is 8.78 Å². The summed E-state index contributed by atoms with van der Waals surface area (Å²) >= 11 is 5.49. The monoisotopic (exact) mass is 309 g/mol. The zero-order chi connectivity index (χ0) is 14.9. The third kappa shape index (κ3) is 2.90. The number of fused-ring (bicyclic) bond motifs is 1. The highest BCUT2D eigenvalue weighted by atomic mass is 35.5. The second kappa shape index (κ2) is 5.60. The van der Waals surface area contributed by atoms with Crippen LogP contribution in [0.2, 0.25) is 0 Å². The molecule has 0 radical (unpaired) electrons. The highest BCUT2D eigenvalue weighted by Gasteiger charge is 2.48. The van der Waals surface area contributed by atoms with Gasteiger partial charge in [-0.1, -0.05) is 12.1 Å². The molecule has 0 saturated heterocycles. The van der Waals surface area contributed by atoms with Gasteiger partial charge in [-0.2, -0.15) is 8.78 Å². The second-order valence-electron chi connectivity index (χ2n) is 4.66. The molecule has 20 heavy (non-hydrogen) atoms. The van der Waals surface area contributed by atoms with Gasteiger partial charge in [-0.05, 0) is 30.0 Å². The van der Waals surface area contributed by atoms with Crippen molar-refractivity contribution >= 4 is 23.2 Å². The van der Waals surface area contributed by atoms with Crippen molar-refractivity contribution in [1.82, 2.24) is 0 Å². The number of amides is 1. The molecule has 0 spiro atoms. The van der Waals surface area contributed by atoms with E-state index in [2.05, 4.69) is 5.32 Å². The van der Waals surface area contributed by atoms with E-state index in [0.29, 0.717) is 30.5 Å². The van der Waals surface area contributed by atoms with Gasteiger partial charge in [0.15, 0.2) is 0 Å². The molecule has 0 fully saturated rings. The first-order chi connectivity index (χ1) is 9.32. The maximum Gasteiger partial charge on any atom is 0.327 e. The molecule has 7 heteroatoms. The molecule has 1 aromatic carbocycles. The van der Waals surface area contributed by atoms with Gasteiger partial charge in [0.2, 0.25) is 5.91 Å². The molecule has 2 rings (SSSR count). The highest BCUT2D eigenvalue weighted by molar-refractivity contribution is 6.21. The van der Waals surface area contributed by atoms with Crippen molar-refractivity contribution in [3.63, 3.8) is 0 Å². The predicted octanol–water partition coefficient (Wildman–Crippen LogP) is 4.14. The Balaban J connectivity index is 2.31. The van der Waals surface area contributed by atoms with E-state index >= 15 is 0 Å². The van der Waals surface area contributed by atoms with Crippen molar-refractivity contribution in [2.75, 3.05) is 5.32 Å². The van der Waals surface area contributed by atoms with Gasteiger partial charge < -0.3 is 5.32 Å². The molecule has 2 nitrogen and oxygen atoms in total. The Hall–Kier alpha value is -1.30.